The monoisotopic (exact) mass is 478 g/mol. The number of fused-ring (bicyclic) bond motifs is 1. The third-order valence-electron chi connectivity index (χ3n) is 5.30. The molecule has 0 spiro atoms. The molecule has 1 atom stereocenters. The summed E-state index contributed by atoms with van der Waals surface area (Å²) < 4.78 is 10.8. The summed E-state index contributed by atoms with van der Waals surface area (Å²) in [5.41, 5.74) is 3.74. The van der Waals surface area contributed by atoms with Crippen molar-refractivity contribution >= 4 is 40.2 Å². The summed E-state index contributed by atoms with van der Waals surface area (Å²) in [6, 6.07) is 12.0. The zero-order valence-corrected chi connectivity index (χ0v) is 19.6. The normalized spacial score (nSPS) is 11.8. The topological polar surface area (TPSA) is 106 Å². The summed E-state index contributed by atoms with van der Waals surface area (Å²) in [4.78, 5) is 37.5. The lowest BCUT2D eigenvalue weighted by Gasteiger charge is -2.18. The van der Waals surface area contributed by atoms with Crippen LogP contribution in [0.2, 0.25) is 5.02 Å². The van der Waals surface area contributed by atoms with Crippen LogP contribution in [0.25, 0.3) is 22.4 Å². The lowest BCUT2D eigenvalue weighted by atomic mass is 10.1. The third-order valence-corrected chi connectivity index (χ3v) is 5.71. The van der Waals surface area contributed by atoms with Gasteiger partial charge < -0.3 is 19.8 Å². The number of aryl methyl sites for hydroxylation is 1. The van der Waals surface area contributed by atoms with Crippen LogP contribution >= 0.6 is 11.6 Å². The second-order valence-corrected chi connectivity index (χ2v) is 8.06. The minimum Gasteiger partial charge on any atom is -0.495 e. The minimum atomic E-state index is -0.989. The van der Waals surface area contributed by atoms with E-state index in [9.17, 15) is 9.59 Å². The van der Waals surface area contributed by atoms with Crippen LogP contribution in [0, 0.1) is 6.92 Å². The fraction of sp³-hybridized carbons (Fsp3) is 0.200. The minimum absolute atomic E-state index is 0.296. The van der Waals surface area contributed by atoms with Crippen LogP contribution in [0.5, 0.6) is 5.75 Å². The molecule has 2 heterocycles. The third kappa shape index (κ3) is 4.87. The molecule has 0 aliphatic heterocycles. The van der Waals surface area contributed by atoms with Crippen molar-refractivity contribution in [1.29, 1.82) is 0 Å². The molecule has 0 radical (unpaired) electrons. The van der Waals surface area contributed by atoms with Gasteiger partial charge in [-0.25, -0.2) is 9.78 Å². The van der Waals surface area contributed by atoms with Crippen molar-refractivity contribution in [1.82, 2.24) is 15.0 Å². The number of benzene rings is 2. The SMILES string of the molecule is CCC(OC(=O)c1ccc2nc(-c3cccnc3)[nH]c2c1)C(=O)Nc1cc(C)c(Cl)cc1OC. The van der Waals surface area contributed by atoms with E-state index in [1.54, 1.807) is 49.6 Å². The fourth-order valence-electron chi connectivity index (χ4n) is 3.44. The molecule has 0 bridgehead atoms. The molecule has 2 N–H and O–H groups in total. The molecular weight excluding hydrogens is 456 g/mol. The maximum Gasteiger partial charge on any atom is 0.338 e. The summed E-state index contributed by atoms with van der Waals surface area (Å²) in [5.74, 6) is -0.0103. The largest absolute Gasteiger partial charge is 0.495 e. The molecule has 34 heavy (non-hydrogen) atoms. The van der Waals surface area contributed by atoms with E-state index in [1.807, 2.05) is 19.1 Å². The number of halogens is 1. The van der Waals surface area contributed by atoms with Crippen LogP contribution in [0.3, 0.4) is 0 Å². The molecule has 4 aromatic rings. The van der Waals surface area contributed by atoms with Gasteiger partial charge in [0.15, 0.2) is 6.10 Å². The standard InChI is InChI=1S/C25H23ClN4O4/c1-4-21(24(31)30-20-10-14(2)17(26)12-22(20)33-3)34-25(32)15-7-8-18-19(11-15)29-23(28-18)16-6-5-9-27-13-16/h5-13,21H,4H2,1-3H3,(H,28,29)(H,30,31). The van der Waals surface area contributed by atoms with E-state index >= 15 is 0 Å². The average Bonchev–Trinajstić information content (AvgIpc) is 3.28. The molecule has 174 valence electrons. The van der Waals surface area contributed by atoms with E-state index in [-0.39, 0.29) is 0 Å². The van der Waals surface area contributed by atoms with Crippen molar-refractivity contribution in [3.8, 4) is 17.1 Å². The molecule has 8 nitrogen and oxygen atoms in total. The molecule has 0 saturated carbocycles. The molecule has 0 aliphatic rings. The highest BCUT2D eigenvalue weighted by Crippen LogP contribution is 2.31. The Balaban J connectivity index is 1.50. The molecule has 0 fully saturated rings. The molecule has 2 aromatic carbocycles. The Morgan fingerprint density at radius 1 is 1.21 bits per heavy atom. The highest BCUT2D eigenvalue weighted by atomic mass is 35.5. The van der Waals surface area contributed by atoms with Crippen LogP contribution in [-0.4, -0.2) is 40.0 Å². The van der Waals surface area contributed by atoms with Crippen molar-refractivity contribution in [3.05, 3.63) is 71.0 Å². The van der Waals surface area contributed by atoms with Crippen molar-refractivity contribution in [3.63, 3.8) is 0 Å². The maximum absolute atomic E-state index is 12.8. The number of H-pyrrole nitrogens is 1. The molecule has 1 unspecified atom stereocenters. The summed E-state index contributed by atoms with van der Waals surface area (Å²) in [7, 11) is 1.49. The van der Waals surface area contributed by atoms with E-state index in [1.165, 1.54) is 7.11 Å². The van der Waals surface area contributed by atoms with Crippen LogP contribution in [0.15, 0.2) is 54.9 Å². The van der Waals surface area contributed by atoms with Gasteiger partial charge in [-0.05, 0) is 55.3 Å². The first kappa shape index (κ1) is 23.3. The van der Waals surface area contributed by atoms with Crippen molar-refractivity contribution < 1.29 is 19.1 Å². The summed E-state index contributed by atoms with van der Waals surface area (Å²) in [6.45, 7) is 3.58. The van der Waals surface area contributed by atoms with Gasteiger partial charge in [-0.3, -0.25) is 9.78 Å². The smallest absolute Gasteiger partial charge is 0.338 e. The summed E-state index contributed by atoms with van der Waals surface area (Å²) in [5, 5.41) is 3.29. The van der Waals surface area contributed by atoms with Crippen molar-refractivity contribution in [2.24, 2.45) is 0 Å². The van der Waals surface area contributed by atoms with Gasteiger partial charge in [-0.15, -0.1) is 0 Å². The Kier molecular flexibility index (Phi) is 6.79. The highest BCUT2D eigenvalue weighted by Gasteiger charge is 2.24. The van der Waals surface area contributed by atoms with E-state index in [4.69, 9.17) is 21.1 Å². The van der Waals surface area contributed by atoms with E-state index in [0.29, 0.717) is 45.3 Å². The number of anilines is 1. The Morgan fingerprint density at radius 3 is 2.74 bits per heavy atom. The van der Waals surface area contributed by atoms with Crippen LogP contribution in [0.4, 0.5) is 5.69 Å². The van der Waals surface area contributed by atoms with Crippen LogP contribution in [0.1, 0.15) is 29.3 Å². The van der Waals surface area contributed by atoms with Crippen LogP contribution in [-0.2, 0) is 9.53 Å². The molecule has 4 rings (SSSR count). The second-order valence-electron chi connectivity index (χ2n) is 7.65. The number of nitrogens with one attached hydrogen (secondary N) is 2. The number of amides is 1. The fourth-order valence-corrected chi connectivity index (χ4v) is 3.59. The number of hydrogen-bond donors (Lipinski definition) is 2. The van der Waals surface area contributed by atoms with Gasteiger partial charge in [0.25, 0.3) is 5.91 Å². The number of nitrogens with zero attached hydrogens (tertiary/aromatic N) is 2. The van der Waals surface area contributed by atoms with Gasteiger partial charge in [0.05, 0.1) is 29.4 Å². The zero-order valence-electron chi connectivity index (χ0n) is 18.9. The second kappa shape index (κ2) is 9.93. The molecule has 9 heteroatoms. The quantitative estimate of drug-likeness (QED) is 0.355. The van der Waals surface area contributed by atoms with E-state index in [2.05, 4.69) is 20.3 Å². The lowest BCUT2D eigenvalue weighted by Crippen LogP contribution is -2.32. The number of methoxy groups -OCH3 is 1. The highest BCUT2D eigenvalue weighted by molar-refractivity contribution is 6.31. The Labute approximate surface area is 201 Å². The number of aromatic nitrogens is 3. The van der Waals surface area contributed by atoms with Crippen molar-refractivity contribution in [2.45, 2.75) is 26.4 Å². The number of esters is 1. The first-order valence-corrected chi connectivity index (χ1v) is 11.0. The Hall–Kier alpha value is -3.91. The number of hydrogen-bond acceptors (Lipinski definition) is 6. The number of carbonyl (C=O) groups is 2. The first-order valence-electron chi connectivity index (χ1n) is 10.7. The van der Waals surface area contributed by atoms with Gasteiger partial charge >= 0.3 is 5.97 Å². The number of carbonyl (C=O) groups excluding carboxylic acids is 2. The predicted octanol–water partition coefficient (Wildman–Crippen LogP) is 5.17. The zero-order chi connectivity index (χ0) is 24.2. The molecule has 1 amide bonds. The van der Waals surface area contributed by atoms with Gasteiger partial charge in [0.1, 0.15) is 11.6 Å². The van der Waals surface area contributed by atoms with E-state index in [0.717, 1.165) is 11.1 Å². The molecular formula is C25H23ClN4O4. The first-order chi connectivity index (χ1) is 16.4. The van der Waals surface area contributed by atoms with E-state index < -0.39 is 18.0 Å². The van der Waals surface area contributed by atoms with Gasteiger partial charge in [-0.2, -0.15) is 0 Å². The van der Waals surface area contributed by atoms with Crippen LogP contribution < -0.4 is 10.1 Å². The van der Waals surface area contributed by atoms with Gasteiger partial charge in [0.2, 0.25) is 0 Å². The number of ether oxygens (including phenoxy) is 2. The molecule has 0 saturated heterocycles. The van der Waals surface area contributed by atoms with Gasteiger partial charge in [0, 0.05) is 29.0 Å². The van der Waals surface area contributed by atoms with Crippen molar-refractivity contribution in [2.75, 3.05) is 12.4 Å². The Bertz CT molecular complexity index is 1350. The maximum atomic E-state index is 12.8. The summed E-state index contributed by atoms with van der Waals surface area (Å²) >= 11 is 6.13. The molecule has 0 aliphatic carbocycles. The number of pyridine rings is 1. The number of imidazole rings is 1. The summed E-state index contributed by atoms with van der Waals surface area (Å²) in [6.07, 6.45) is 2.69. The average molecular weight is 479 g/mol. The predicted molar refractivity (Wildman–Crippen MR) is 130 cm³/mol. The molecule has 2 aromatic heterocycles. The lowest BCUT2D eigenvalue weighted by molar-refractivity contribution is -0.124. The number of rotatable bonds is 7. The Morgan fingerprint density at radius 2 is 2.03 bits per heavy atom. The number of aromatic amines is 1. The van der Waals surface area contributed by atoms with Gasteiger partial charge in [-0.1, -0.05) is 18.5 Å².